The maximum Gasteiger partial charge on any atom is 0.333 e. The summed E-state index contributed by atoms with van der Waals surface area (Å²) in [5.74, 6) is -0.227. The minimum absolute atomic E-state index is 0.227. The van der Waals surface area contributed by atoms with Gasteiger partial charge in [0.1, 0.15) is 0 Å². The number of hydrazine groups is 1. The van der Waals surface area contributed by atoms with Crippen LogP contribution in [0.5, 0.6) is 0 Å². The van der Waals surface area contributed by atoms with Crippen molar-refractivity contribution < 1.29 is 9.59 Å². The Labute approximate surface area is 119 Å². The number of carbonyl (C=O) groups is 2. The lowest BCUT2D eigenvalue weighted by Crippen LogP contribution is -2.50. The molecule has 1 saturated carbocycles. The number of nitrogens with one attached hydrogen (secondary N) is 3. The van der Waals surface area contributed by atoms with Crippen molar-refractivity contribution in [2.45, 2.75) is 44.6 Å². The van der Waals surface area contributed by atoms with Gasteiger partial charge in [-0.25, -0.2) is 10.2 Å². The maximum absolute atomic E-state index is 11.7. The molecule has 5 nitrogen and oxygen atoms in total. The van der Waals surface area contributed by atoms with Crippen LogP contribution in [0.2, 0.25) is 0 Å². The van der Waals surface area contributed by atoms with E-state index in [4.69, 9.17) is 0 Å². The third kappa shape index (κ3) is 4.91. The van der Waals surface area contributed by atoms with Crippen molar-refractivity contribution in [1.29, 1.82) is 0 Å². The van der Waals surface area contributed by atoms with Crippen molar-refractivity contribution in [2.24, 2.45) is 0 Å². The molecule has 1 aromatic carbocycles. The lowest BCUT2D eigenvalue weighted by molar-refractivity contribution is -0.121. The summed E-state index contributed by atoms with van der Waals surface area (Å²) in [6.45, 7) is 0. The average Bonchev–Trinajstić information content (AvgIpc) is 2.47. The fourth-order valence-electron chi connectivity index (χ4n) is 2.42. The summed E-state index contributed by atoms with van der Waals surface area (Å²) >= 11 is 0. The summed E-state index contributed by atoms with van der Waals surface area (Å²) in [5.41, 5.74) is 5.74. The van der Waals surface area contributed by atoms with Crippen molar-refractivity contribution in [3.05, 3.63) is 35.9 Å². The van der Waals surface area contributed by atoms with E-state index in [0.717, 1.165) is 31.2 Å². The highest BCUT2D eigenvalue weighted by molar-refractivity contribution is 5.82. The van der Waals surface area contributed by atoms with E-state index in [1.165, 1.54) is 6.42 Å². The van der Waals surface area contributed by atoms with Gasteiger partial charge in [-0.15, -0.1) is 0 Å². The van der Waals surface area contributed by atoms with Crippen molar-refractivity contribution in [2.75, 3.05) is 0 Å². The molecule has 0 aromatic heterocycles. The van der Waals surface area contributed by atoms with Crippen LogP contribution >= 0.6 is 0 Å². The predicted molar refractivity (Wildman–Crippen MR) is 76.8 cm³/mol. The molecule has 0 aliphatic heterocycles. The van der Waals surface area contributed by atoms with Gasteiger partial charge >= 0.3 is 6.03 Å². The lowest BCUT2D eigenvalue weighted by Gasteiger charge is -2.22. The standard InChI is InChI=1S/C15H21N3O2/c19-14(11-12-7-3-1-4-8-12)17-18-15(20)16-13-9-5-2-6-10-13/h1,3-4,7-8,13H,2,5-6,9-11H2,(H,17,19)(H2,16,18,20). The second-order valence-corrected chi connectivity index (χ2v) is 5.14. The van der Waals surface area contributed by atoms with Crippen LogP contribution in [0.3, 0.4) is 0 Å². The van der Waals surface area contributed by atoms with E-state index in [2.05, 4.69) is 16.2 Å². The van der Waals surface area contributed by atoms with Crippen LogP contribution in [0.25, 0.3) is 0 Å². The van der Waals surface area contributed by atoms with Crippen molar-refractivity contribution in [3.63, 3.8) is 0 Å². The molecule has 1 aliphatic rings. The molecule has 2 rings (SSSR count). The third-order valence-electron chi connectivity index (χ3n) is 3.46. The van der Waals surface area contributed by atoms with Gasteiger partial charge in [0, 0.05) is 6.04 Å². The van der Waals surface area contributed by atoms with Gasteiger partial charge in [-0.2, -0.15) is 0 Å². The molecule has 108 valence electrons. The first-order chi connectivity index (χ1) is 9.74. The Balaban J connectivity index is 1.66. The molecule has 0 saturated heterocycles. The number of rotatable bonds is 3. The number of hydrogen-bond acceptors (Lipinski definition) is 2. The zero-order valence-corrected chi connectivity index (χ0v) is 11.5. The smallest absolute Gasteiger partial charge is 0.333 e. The topological polar surface area (TPSA) is 70.2 Å². The van der Waals surface area contributed by atoms with Crippen LogP contribution in [0.15, 0.2) is 30.3 Å². The van der Waals surface area contributed by atoms with Crippen molar-refractivity contribution >= 4 is 11.9 Å². The highest BCUT2D eigenvalue weighted by atomic mass is 16.2. The summed E-state index contributed by atoms with van der Waals surface area (Å²) < 4.78 is 0. The van der Waals surface area contributed by atoms with Gasteiger partial charge < -0.3 is 5.32 Å². The molecule has 0 bridgehead atoms. The van der Waals surface area contributed by atoms with Gasteiger partial charge in [-0.05, 0) is 18.4 Å². The fraction of sp³-hybridized carbons (Fsp3) is 0.467. The first-order valence-electron chi connectivity index (χ1n) is 7.13. The van der Waals surface area contributed by atoms with Crippen LogP contribution in [0, 0.1) is 0 Å². The van der Waals surface area contributed by atoms with E-state index in [1.807, 2.05) is 30.3 Å². The van der Waals surface area contributed by atoms with E-state index in [1.54, 1.807) is 0 Å². The Morgan fingerprint density at radius 3 is 2.40 bits per heavy atom. The van der Waals surface area contributed by atoms with Crippen LogP contribution in [-0.2, 0) is 11.2 Å². The molecule has 0 radical (unpaired) electrons. The van der Waals surface area contributed by atoms with Gasteiger partial charge in [-0.3, -0.25) is 10.2 Å². The van der Waals surface area contributed by atoms with E-state index < -0.39 is 0 Å². The summed E-state index contributed by atoms with van der Waals surface area (Å²) in [4.78, 5) is 23.3. The van der Waals surface area contributed by atoms with Gasteiger partial charge in [0.05, 0.1) is 6.42 Å². The van der Waals surface area contributed by atoms with Crippen LogP contribution in [0.4, 0.5) is 4.79 Å². The highest BCUT2D eigenvalue weighted by Gasteiger charge is 2.15. The quantitative estimate of drug-likeness (QED) is 0.737. The summed E-state index contributed by atoms with van der Waals surface area (Å²) in [7, 11) is 0. The van der Waals surface area contributed by atoms with E-state index >= 15 is 0 Å². The SMILES string of the molecule is O=C(Cc1ccccc1)NNC(=O)NC1CCCCC1. The molecule has 1 fully saturated rings. The Bertz CT molecular complexity index is 442. The maximum atomic E-state index is 11.7. The van der Waals surface area contributed by atoms with Crippen LogP contribution < -0.4 is 16.2 Å². The molecule has 1 aromatic rings. The molecule has 3 N–H and O–H groups in total. The summed E-state index contributed by atoms with van der Waals surface area (Å²) in [6, 6.07) is 9.31. The Kier molecular flexibility index (Phi) is 5.41. The molecule has 1 aliphatic carbocycles. The summed E-state index contributed by atoms with van der Waals surface area (Å²) in [5, 5.41) is 2.87. The van der Waals surface area contributed by atoms with Gasteiger partial charge in [0.2, 0.25) is 5.91 Å². The van der Waals surface area contributed by atoms with E-state index in [-0.39, 0.29) is 24.4 Å². The van der Waals surface area contributed by atoms with Gasteiger partial charge in [-0.1, -0.05) is 49.6 Å². The van der Waals surface area contributed by atoms with E-state index in [0.29, 0.717) is 0 Å². The zero-order chi connectivity index (χ0) is 14.2. The monoisotopic (exact) mass is 275 g/mol. The minimum atomic E-state index is -0.335. The third-order valence-corrected chi connectivity index (χ3v) is 3.46. The Morgan fingerprint density at radius 1 is 1.00 bits per heavy atom. The van der Waals surface area contributed by atoms with Gasteiger partial charge in [0.25, 0.3) is 0 Å². The molecule has 20 heavy (non-hydrogen) atoms. The number of hydrogen-bond donors (Lipinski definition) is 3. The molecule has 5 heteroatoms. The molecule has 0 unspecified atom stereocenters. The molecule has 0 atom stereocenters. The number of amides is 3. The summed E-state index contributed by atoms with van der Waals surface area (Å²) in [6.07, 6.45) is 5.85. The molecular weight excluding hydrogens is 254 g/mol. The van der Waals surface area contributed by atoms with Gasteiger partial charge in [0.15, 0.2) is 0 Å². The molecule has 0 heterocycles. The second kappa shape index (κ2) is 7.53. The van der Waals surface area contributed by atoms with E-state index in [9.17, 15) is 9.59 Å². The number of benzene rings is 1. The molecular formula is C15H21N3O2. The number of carbonyl (C=O) groups excluding carboxylic acids is 2. The van der Waals surface area contributed by atoms with Crippen molar-refractivity contribution in [1.82, 2.24) is 16.2 Å². The number of urea groups is 1. The normalized spacial score (nSPS) is 15.4. The van der Waals surface area contributed by atoms with Crippen molar-refractivity contribution in [3.8, 4) is 0 Å². The Morgan fingerprint density at radius 2 is 1.70 bits per heavy atom. The highest BCUT2D eigenvalue weighted by Crippen LogP contribution is 2.16. The largest absolute Gasteiger partial charge is 0.334 e. The minimum Gasteiger partial charge on any atom is -0.334 e. The lowest BCUT2D eigenvalue weighted by atomic mass is 9.96. The zero-order valence-electron chi connectivity index (χ0n) is 11.5. The molecule has 0 spiro atoms. The second-order valence-electron chi connectivity index (χ2n) is 5.14. The molecule has 3 amide bonds. The Hall–Kier alpha value is -2.04. The van der Waals surface area contributed by atoms with Crippen LogP contribution in [0.1, 0.15) is 37.7 Å². The van der Waals surface area contributed by atoms with Crippen LogP contribution in [-0.4, -0.2) is 18.0 Å². The predicted octanol–water partition coefficient (Wildman–Crippen LogP) is 1.89. The fourth-order valence-corrected chi connectivity index (χ4v) is 2.42. The first kappa shape index (κ1) is 14.4. The first-order valence-corrected chi connectivity index (χ1v) is 7.13. The average molecular weight is 275 g/mol.